The second-order valence-corrected chi connectivity index (χ2v) is 3.83. The first kappa shape index (κ1) is 7.56. The largest absolute Gasteiger partial charge is 0.372 e. The molecular formula is C9H17NO. The predicted octanol–water partition coefficient (Wildman–Crippen LogP) is 1.26. The zero-order valence-electron chi connectivity index (χ0n) is 7.25. The molecule has 1 unspecified atom stereocenters. The molecule has 1 heterocycles. The van der Waals surface area contributed by atoms with E-state index in [0.29, 0.717) is 6.10 Å². The Kier molecular flexibility index (Phi) is 2.14. The first-order valence-corrected chi connectivity index (χ1v) is 4.68. The van der Waals surface area contributed by atoms with E-state index in [0.717, 1.165) is 19.2 Å². The van der Waals surface area contributed by atoms with Crippen molar-refractivity contribution in [3.05, 3.63) is 0 Å². The van der Waals surface area contributed by atoms with Crippen LogP contribution in [0.4, 0.5) is 0 Å². The number of hydrogen-bond donors (Lipinski definition) is 0. The molecule has 1 saturated carbocycles. The van der Waals surface area contributed by atoms with E-state index >= 15 is 0 Å². The van der Waals surface area contributed by atoms with Gasteiger partial charge >= 0.3 is 0 Å². The van der Waals surface area contributed by atoms with Crippen LogP contribution in [0.25, 0.3) is 0 Å². The molecule has 2 heteroatoms. The Bertz CT molecular complexity index is 128. The average molecular weight is 155 g/mol. The molecule has 0 aromatic carbocycles. The predicted molar refractivity (Wildman–Crippen MR) is 44.6 cm³/mol. The maximum Gasteiger partial charge on any atom is 0.0936 e. The van der Waals surface area contributed by atoms with Gasteiger partial charge in [0.05, 0.1) is 12.7 Å². The van der Waals surface area contributed by atoms with Gasteiger partial charge in [0.2, 0.25) is 0 Å². The summed E-state index contributed by atoms with van der Waals surface area (Å²) >= 11 is 0. The second-order valence-electron chi connectivity index (χ2n) is 3.83. The van der Waals surface area contributed by atoms with Gasteiger partial charge in [-0.05, 0) is 19.9 Å². The highest BCUT2D eigenvalue weighted by Gasteiger charge is 2.28. The Labute approximate surface area is 68.5 Å². The number of likely N-dealkylation sites (N-methyl/N-ethyl adjacent to an activating group) is 1. The van der Waals surface area contributed by atoms with Crippen LogP contribution in [0.15, 0.2) is 0 Å². The molecule has 0 amide bonds. The average Bonchev–Trinajstić information content (AvgIpc) is 2.67. The Morgan fingerprint density at radius 1 is 1.36 bits per heavy atom. The smallest absolute Gasteiger partial charge is 0.0936 e. The van der Waals surface area contributed by atoms with Crippen molar-refractivity contribution in [3.63, 3.8) is 0 Å². The quantitative estimate of drug-likeness (QED) is 0.570. The molecule has 64 valence electrons. The van der Waals surface area contributed by atoms with Gasteiger partial charge in [-0.3, -0.25) is 0 Å². The number of hydrogen-bond acceptors (Lipinski definition) is 2. The van der Waals surface area contributed by atoms with Gasteiger partial charge in [-0.15, -0.1) is 0 Å². The molecule has 1 aliphatic carbocycles. The molecule has 0 radical (unpaired) electrons. The van der Waals surface area contributed by atoms with Crippen molar-refractivity contribution >= 4 is 0 Å². The summed E-state index contributed by atoms with van der Waals surface area (Å²) in [5.41, 5.74) is 0. The van der Waals surface area contributed by atoms with Crippen molar-refractivity contribution in [2.75, 3.05) is 20.2 Å². The van der Waals surface area contributed by atoms with Crippen LogP contribution in [-0.4, -0.2) is 37.2 Å². The third-order valence-corrected chi connectivity index (χ3v) is 2.84. The summed E-state index contributed by atoms with van der Waals surface area (Å²) in [7, 11) is 2.23. The zero-order chi connectivity index (χ0) is 7.68. The molecule has 0 aromatic rings. The fraction of sp³-hybridized carbons (Fsp3) is 1.00. The van der Waals surface area contributed by atoms with Crippen molar-refractivity contribution in [2.24, 2.45) is 0 Å². The standard InChI is InChI=1S/C9H17NO/c1-10(6-9-7-11-9)8-4-2-3-5-8/h8-9H,2-7H2,1H3. The van der Waals surface area contributed by atoms with Crippen molar-refractivity contribution in [1.29, 1.82) is 0 Å². The Hall–Kier alpha value is -0.0800. The van der Waals surface area contributed by atoms with E-state index in [1.54, 1.807) is 0 Å². The van der Waals surface area contributed by atoms with Crippen LogP contribution < -0.4 is 0 Å². The van der Waals surface area contributed by atoms with E-state index in [9.17, 15) is 0 Å². The molecular weight excluding hydrogens is 138 g/mol. The molecule has 2 rings (SSSR count). The van der Waals surface area contributed by atoms with Crippen LogP contribution in [0.1, 0.15) is 25.7 Å². The molecule has 0 spiro atoms. The molecule has 1 aliphatic heterocycles. The summed E-state index contributed by atoms with van der Waals surface area (Å²) in [5.74, 6) is 0. The monoisotopic (exact) mass is 155 g/mol. The summed E-state index contributed by atoms with van der Waals surface area (Å²) in [6.45, 7) is 2.15. The lowest BCUT2D eigenvalue weighted by Crippen LogP contribution is -2.32. The van der Waals surface area contributed by atoms with E-state index in [2.05, 4.69) is 11.9 Å². The third kappa shape index (κ3) is 1.94. The number of rotatable bonds is 3. The lowest BCUT2D eigenvalue weighted by molar-refractivity contribution is 0.220. The summed E-state index contributed by atoms with van der Waals surface area (Å²) in [6.07, 6.45) is 6.24. The lowest BCUT2D eigenvalue weighted by atomic mass is 10.2. The van der Waals surface area contributed by atoms with Gasteiger partial charge in [0.1, 0.15) is 0 Å². The fourth-order valence-corrected chi connectivity index (χ4v) is 1.99. The zero-order valence-corrected chi connectivity index (χ0v) is 7.25. The summed E-state index contributed by atoms with van der Waals surface area (Å²) in [6, 6.07) is 0.860. The van der Waals surface area contributed by atoms with Crippen molar-refractivity contribution < 1.29 is 4.74 Å². The first-order valence-electron chi connectivity index (χ1n) is 4.68. The van der Waals surface area contributed by atoms with Crippen molar-refractivity contribution in [3.8, 4) is 0 Å². The Morgan fingerprint density at radius 3 is 2.55 bits per heavy atom. The minimum absolute atomic E-state index is 0.570. The molecule has 0 aromatic heterocycles. The van der Waals surface area contributed by atoms with Gasteiger partial charge in [0.15, 0.2) is 0 Å². The van der Waals surface area contributed by atoms with Crippen LogP contribution >= 0.6 is 0 Å². The maximum absolute atomic E-state index is 5.20. The number of ether oxygens (including phenoxy) is 1. The van der Waals surface area contributed by atoms with Crippen LogP contribution in [0.3, 0.4) is 0 Å². The van der Waals surface area contributed by atoms with Crippen LogP contribution in [0.2, 0.25) is 0 Å². The number of nitrogens with zero attached hydrogens (tertiary/aromatic N) is 1. The van der Waals surface area contributed by atoms with E-state index in [1.807, 2.05) is 0 Å². The van der Waals surface area contributed by atoms with Gasteiger partial charge in [-0.1, -0.05) is 12.8 Å². The van der Waals surface area contributed by atoms with E-state index in [4.69, 9.17) is 4.74 Å². The molecule has 2 fully saturated rings. The maximum atomic E-state index is 5.20. The van der Waals surface area contributed by atoms with E-state index < -0.39 is 0 Å². The van der Waals surface area contributed by atoms with Gasteiger partial charge in [-0.2, -0.15) is 0 Å². The van der Waals surface area contributed by atoms with E-state index in [-0.39, 0.29) is 0 Å². The molecule has 1 atom stereocenters. The van der Waals surface area contributed by atoms with E-state index in [1.165, 1.54) is 25.7 Å². The highest BCUT2D eigenvalue weighted by Crippen LogP contribution is 2.23. The van der Waals surface area contributed by atoms with Gasteiger partial charge in [-0.25, -0.2) is 0 Å². The Balaban J connectivity index is 1.73. The minimum atomic E-state index is 0.570. The topological polar surface area (TPSA) is 15.8 Å². The normalized spacial score (nSPS) is 31.6. The SMILES string of the molecule is CN(CC1CO1)C1CCCC1. The van der Waals surface area contributed by atoms with Crippen molar-refractivity contribution in [1.82, 2.24) is 4.90 Å². The molecule has 0 N–H and O–H groups in total. The summed E-state index contributed by atoms with van der Waals surface area (Å²) in [4.78, 5) is 2.48. The third-order valence-electron chi connectivity index (χ3n) is 2.84. The van der Waals surface area contributed by atoms with Gasteiger partial charge in [0.25, 0.3) is 0 Å². The van der Waals surface area contributed by atoms with Gasteiger partial charge in [0, 0.05) is 12.6 Å². The number of epoxide rings is 1. The molecule has 2 nitrogen and oxygen atoms in total. The molecule has 11 heavy (non-hydrogen) atoms. The fourth-order valence-electron chi connectivity index (χ4n) is 1.99. The summed E-state index contributed by atoms with van der Waals surface area (Å²) in [5, 5.41) is 0. The second kappa shape index (κ2) is 3.11. The lowest BCUT2D eigenvalue weighted by Gasteiger charge is -2.22. The molecule has 1 saturated heterocycles. The molecule has 0 bridgehead atoms. The first-order chi connectivity index (χ1) is 5.36. The summed E-state index contributed by atoms with van der Waals surface area (Å²) < 4.78 is 5.20. The van der Waals surface area contributed by atoms with Crippen LogP contribution in [0, 0.1) is 0 Å². The van der Waals surface area contributed by atoms with Gasteiger partial charge < -0.3 is 9.64 Å². The van der Waals surface area contributed by atoms with Crippen molar-refractivity contribution in [2.45, 2.75) is 37.8 Å². The molecule has 2 aliphatic rings. The highest BCUT2D eigenvalue weighted by atomic mass is 16.6. The highest BCUT2D eigenvalue weighted by molar-refractivity contribution is 4.80. The minimum Gasteiger partial charge on any atom is -0.372 e. The Morgan fingerprint density at radius 2 is 2.00 bits per heavy atom. The van der Waals surface area contributed by atoms with Crippen LogP contribution in [-0.2, 0) is 4.74 Å². The van der Waals surface area contributed by atoms with Crippen LogP contribution in [0.5, 0.6) is 0 Å².